The number of aromatic nitrogens is 4. The Morgan fingerprint density at radius 1 is 0.809 bits per heavy atom. The first-order chi connectivity index (χ1) is 21.4. The lowest BCUT2D eigenvalue weighted by atomic mass is 9.82. The molecule has 0 bridgehead atoms. The molecule has 0 aliphatic heterocycles. The second-order valence-corrected chi connectivity index (χ2v) is 11.8. The van der Waals surface area contributed by atoms with Crippen LogP contribution < -0.4 is 9.80 Å². The lowest BCUT2D eigenvalue weighted by Gasteiger charge is -2.35. The molecule has 0 atom stereocenters. The van der Waals surface area contributed by atoms with Crippen LogP contribution in [0.5, 0.6) is 0 Å². The molecule has 1 heterocycles. The average Bonchev–Trinajstić information content (AvgIpc) is 3.40. The van der Waals surface area contributed by atoms with Gasteiger partial charge in [0.1, 0.15) is 0 Å². The number of nitrogens with zero attached hydrogens (tertiary/aromatic N) is 6. The minimum Gasteiger partial charge on any atom is -0.396 e. The van der Waals surface area contributed by atoms with Crippen molar-refractivity contribution in [1.29, 1.82) is 0 Å². The van der Waals surface area contributed by atoms with Crippen molar-refractivity contribution in [3.8, 4) is 0 Å². The second-order valence-electron chi connectivity index (χ2n) is 11.8. The maximum Gasteiger partial charge on any atom is 0.416 e. The second kappa shape index (κ2) is 14.9. The molecule has 1 aliphatic carbocycles. The Balaban J connectivity index is 0.00000600. The molecule has 47 heavy (non-hydrogen) atoms. The van der Waals surface area contributed by atoms with E-state index in [0.29, 0.717) is 30.8 Å². The first-order valence-electron chi connectivity index (χ1n) is 14.7. The normalized spacial score (nSPS) is 17.4. The van der Waals surface area contributed by atoms with Crippen LogP contribution in [0.1, 0.15) is 66.0 Å². The first-order valence-corrected chi connectivity index (χ1v) is 14.7. The smallest absolute Gasteiger partial charge is 0.396 e. The highest BCUT2D eigenvalue weighted by atomic mass is 35.5. The van der Waals surface area contributed by atoms with Gasteiger partial charge < -0.3 is 14.9 Å². The van der Waals surface area contributed by atoms with Gasteiger partial charge in [0.2, 0.25) is 0 Å². The van der Waals surface area contributed by atoms with Crippen LogP contribution in [0.4, 0.5) is 51.1 Å². The molecule has 2 aromatic carbocycles. The molecule has 0 spiro atoms. The summed E-state index contributed by atoms with van der Waals surface area (Å²) in [4.78, 5) is 4.15. The van der Waals surface area contributed by atoms with Gasteiger partial charge in [0.05, 0.1) is 23.7 Å². The fourth-order valence-corrected chi connectivity index (χ4v) is 5.92. The third-order valence-corrected chi connectivity index (χ3v) is 8.32. The summed E-state index contributed by atoms with van der Waals surface area (Å²) in [6.07, 6.45) is -11.7. The maximum atomic E-state index is 14.1. The molecular formula is C30H36ClF9N6O. The summed E-state index contributed by atoms with van der Waals surface area (Å²) in [5, 5.41) is 21.2. The Hall–Kier alpha value is -3.27. The predicted octanol–water partition coefficient (Wildman–Crippen LogP) is 7.83. The van der Waals surface area contributed by atoms with Crippen LogP contribution in [0.3, 0.4) is 0 Å². The lowest BCUT2D eigenvalue weighted by molar-refractivity contribution is -0.143. The largest absolute Gasteiger partial charge is 0.416 e. The molecule has 1 aromatic heterocycles. The zero-order chi connectivity index (χ0) is 34.0. The average molecular weight is 703 g/mol. The molecule has 1 aliphatic rings. The van der Waals surface area contributed by atoms with Gasteiger partial charge in [0.15, 0.2) is 0 Å². The number of hydrogen-bond acceptors (Lipinski definition) is 6. The fraction of sp³-hybridized carbons (Fsp3) is 0.567. The topological polar surface area (TPSA) is 70.3 Å². The monoisotopic (exact) mass is 702 g/mol. The summed E-state index contributed by atoms with van der Waals surface area (Å²) in [5.74, 6) is 0.192. The molecule has 3 aromatic rings. The number of benzene rings is 2. The van der Waals surface area contributed by atoms with Gasteiger partial charge in [-0.3, -0.25) is 0 Å². The van der Waals surface area contributed by atoms with E-state index < -0.39 is 41.8 Å². The van der Waals surface area contributed by atoms with Gasteiger partial charge in [-0.1, -0.05) is 11.2 Å². The number of aryl methyl sites for hydroxylation is 2. The molecule has 7 nitrogen and oxygen atoms in total. The highest BCUT2D eigenvalue weighted by Gasteiger charge is 2.38. The molecule has 262 valence electrons. The summed E-state index contributed by atoms with van der Waals surface area (Å²) in [6.45, 7) is 3.13. The minimum atomic E-state index is -5.07. The molecule has 1 N–H and O–H groups in total. The number of alkyl halides is 9. The highest BCUT2D eigenvalue weighted by molar-refractivity contribution is 5.85. The standard InChI is InChI=1S/C30H35F9N6O.ClH/c1-4-44(14-19-5-7-20(17-46)8-6-19)26-13-25(30(37,38)39)18(2)9-22(26)16-45(27-40-42-43(3)41-27)15-21-10-23(28(31,32)33)12-24(11-21)29(34,35)36;/h9-13,19-20,46H,4-8,14-17H2,1-3H3;1H/t19-,20-;. The van der Waals surface area contributed by atoms with Crippen LogP contribution in [-0.2, 0) is 38.7 Å². The highest BCUT2D eigenvalue weighted by Crippen LogP contribution is 2.40. The number of anilines is 2. The van der Waals surface area contributed by atoms with E-state index in [4.69, 9.17) is 0 Å². The Bertz CT molecular complexity index is 1450. The molecule has 0 radical (unpaired) electrons. The molecular weight excluding hydrogens is 667 g/mol. The molecule has 1 fully saturated rings. The molecule has 0 unspecified atom stereocenters. The van der Waals surface area contributed by atoms with Gasteiger partial charge >= 0.3 is 18.5 Å². The molecule has 0 amide bonds. The van der Waals surface area contributed by atoms with Gasteiger partial charge in [0, 0.05) is 38.5 Å². The first kappa shape index (κ1) is 38.2. The van der Waals surface area contributed by atoms with E-state index in [2.05, 4.69) is 15.4 Å². The predicted molar refractivity (Wildman–Crippen MR) is 159 cm³/mol. The number of hydrogen-bond donors (Lipinski definition) is 1. The van der Waals surface area contributed by atoms with Crippen molar-refractivity contribution in [2.45, 2.75) is 71.1 Å². The fourth-order valence-electron chi connectivity index (χ4n) is 5.92. The molecule has 17 heteroatoms. The van der Waals surface area contributed by atoms with E-state index in [1.54, 1.807) is 6.92 Å². The van der Waals surface area contributed by atoms with Crippen LogP contribution >= 0.6 is 12.4 Å². The Morgan fingerprint density at radius 2 is 1.38 bits per heavy atom. The van der Waals surface area contributed by atoms with Gasteiger partial charge in [-0.15, -0.1) is 17.5 Å². The van der Waals surface area contributed by atoms with Crippen molar-refractivity contribution in [1.82, 2.24) is 20.2 Å². The number of rotatable bonds is 10. The van der Waals surface area contributed by atoms with Crippen molar-refractivity contribution in [3.05, 3.63) is 63.7 Å². The van der Waals surface area contributed by atoms with Crippen molar-refractivity contribution in [2.75, 3.05) is 29.5 Å². The van der Waals surface area contributed by atoms with E-state index in [-0.39, 0.29) is 66.2 Å². The summed E-state index contributed by atoms with van der Waals surface area (Å²) >= 11 is 0. The lowest BCUT2D eigenvalue weighted by Crippen LogP contribution is -2.34. The van der Waals surface area contributed by atoms with Crippen molar-refractivity contribution in [2.24, 2.45) is 18.9 Å². The molecule has 4 rings (SSSR count). The number of halogens is 10. The van der Waals surface area contributed by atoms with E-state index in [1.807, 2.05) is 4.90 Å². The van der Waals surface area contributed by atoms with E-state index in [9.17, 15) is 44.6 Å². The maximum absolute atomic E-state index is 14.1. The SMILES string of the molecule is CCN(C[C@H]1CC[C@H](CO)CC1)c1cc(C(F)(F)F)c(C)cc1CN(Cc1cc(C(F)(F)F)cc(C(F)(F)F)c1)c1nnn(C)n1.Cl. The Morgan fingerprint density at radius 3 is 1.85 bits per heavy atom. The summed E-state index contributed by atoms with van der Waals surface area (Å²) in [7, 11) is 1.42. The van der Waals surface area contributed by atoms with Crippen LogP contribution in [-0.4, -0.2) is 45.0 Å². The summed E-state index contributed by atoms with van der Waals surface area (Å²) in [5.41, 5.74) is -3.72. The molecule has 1 saturated carbocycles. The quantitative estimate of drug-likeness (QED) is 0.217. The van der Waals surface area contributed by atoms with E-state index >= 15 is 0 Å². The van der Waals surface area contributed by atoms with Gasteiger partial charge in [0.25, 0.3) is 5.95 Å². The van der Waals surface area contributed by atoms with Crippen LogP contribution in [0, 0.1) is 18.8 Å². The van der Waals surface area contributed by atoms with Gasteiger partial charge in [-0.2, -0.15) is 44.3 Å². The third kappa shape index (κ3) is 9.64. The number of aliphatic hydroxyl groups excluding tert-OH is 1. The van der Waals surface area contributed by atoms with E-state index in [0.717, 1.165) is 36.5 Å². The van der Waals surface area contributed by atoms with Crippen LogP contribution in [0.15, 0.2) is 30.3 Å². The van der Waals surface area contributed by atoms with E-state index in [1.165, 1.54) is 24.9 Å². The Labute approximate surface area is 272 Å². The molecule has 0 saturated heterocycles. The van der Waals surface area contributed by atoms with Crippen LogP contribution in [0.2, 0.25) is 0 Å². The summed E-state index contributed by atoms with van der Waals surface area (Å²) < 4.78 is 124. The van der Waals surface area contributed by atoms with Crippen molar-refractivity contribution in [3.63, 3.8) is 0 Å². The number of aliphatic hydroxyl groups is 1. The minimum absolute atomic E-state index is 0. The number of tetrazole rings is 1. The van der Waals surface area contributed by atoms with Crippen molar-refractivity contribution < 1.29 is 44.6 Å². The third-order valence-electron chi connectivity index (χ3n) is 8.32. The van der Waals surface area contributed by atoms with Crippen LogP contribution in [0.25, 0.3) is 0 Å². The Kier molecular flexibility index (Phi) is 12.1. The zero-order valence-corrected chi connectivity index (χ0v) is 26.7. The van der Waals surface area contributed by atoms with Gasteiger partial charge in [-0.25, -0.2) is 0 Å². The zero-order valence-electron chi connectivity index (χ0n) is 25.8. The summed E-state index contributed by atoms with van der Waals surface area (Å²) in [6, 6.07) is 3.60. The van der Waals surface area contributed by atoms with Gasteiger partial charge in [-0.05, 0) is 97.5 Å². The van der Waals surface area contributed by atoms with Crippen molar-refractivity contribution >= 4 is 24.0 Å².